The van der Waals surface area contributed by atoms with Crippen LogP contribution in [-0.2, 0) is 13.0 Å². The number of amides is 1. The van der Waals surface area contributed by atoms with Crippen LogP contribution in [0.3, 0.4) is 0 Å². The Labute approximate surface area is 149 Å². The molecule has 26 heavy (non-hydrogen) atoms. The third-order valence-electron chi connectivity index (χ3n) is 4.51. The van der Waals surface area contributed by atoms with Crippen LogP contribution in [0.2, 0.25) is 0 Å². The molecule has 0 atom stereocenters. The van der Waals surface area contributed by atoms with Crippen LogP contribution in [0.5, 0.6) is 0 Å². The first-order valence-electron chi connectivity index (χ1n) is 8.35. The maximum atomic E-state index is 13.9. The van der Waals surface area contributed by atoms with E-state index in [4.69, 9.17) is 0 Å². The SMILES string of the molecule is O=C(c1ccccc1F)N1CCc2nc(-c3ccccc3)[nH]c(=O)c2C1. The molecule has 1 aromatic heterocycles. The van der Waals surface area contributed by atoms with Gasteiger partial charge in [-0.15, -0.1) is 0 Å². The van der Waals surface area contributed by atoms with Crippen LogP contribution >= 0.6 is 0 Å². The van der Waals surface area contributed by atoms with Gasteiger partial charge in [0.2, 0.25) is 0 Å². The predicted molar refractivity (Wildman–Crippen MR) is 95.1 cm³/mol. The van der Waals surface area contributed by atoms with Gasteiger partial charge >= 0.3 is 0 Å². The van der Waals surface area contributed by atoms with E-state index in [2.05, 4.69) is 9.97 Å². The first kappa shape index (κ1) is 16.2. The van der Waals surface area contributed by atoms with Crippen molar-refractivity contribution in [2.24, 2.45) is 0 Å². The number of nitrogens with one attached hydrogen (secondary N) is 1. The normalized spacial score (nSPS) is 13.3. The largest absolute Gasteiger partial charge is 0.334 e. The van der Waals surface area contributed by atoms with Crippen molar-refractivity contribution in [2.75, 3.05) is 6.54 Å². The number of rotatable bonds is 2. The lowest BCUT2D eigenvalue weighted by atomic mass is 10.0. The Hall–Kier alpha value is -3.28. The third kappa shape index (κ3) is 2.90. The van der Waals surface area contributed by atoms with E-state index in [9.17, 15) is 14.0 Å². The maximum Gasteiger partial charge on any atom is 0.257 e. The molecule has 0 unspecified atom stereocenters. The van der Waals surface area contributed by atoms with Gasteiger partial charge < -0.3 is 9.88 Å². The van der Waals surface area contributed by atoms with Gasteiger partial charge in [0.05, 0.1) is 23.4 Å². The molecule has 1 amide bonds. The minimum Gasteiger partial charge on any atom is -0.334 e. The summed E-state index contributed by atoms with van der Waals surface area (Å²) in [5.41, 5.74) is 1.73. The summed E-state index contributed by atoms with van der Waals surface area (Å²) in [6.07, 6.45) is 0.458. The van der Waals surface area contributed by atoms with Crippen molar-refractivity contribution in [3.8, 4) is 11.4 Å². The van der Waals surface area contributed by atoms with Gasteiger partial charge in [-0.25, -0.2) is 9.37 Å². The van der Waals surface area contributed by atoms with Gasteiger partial charge in [-0.2, -0.15) is 0 Å². The van der Waals surface area contributed by atoms with Crippen LogP contribution in [0, 0.1) is 5.82 Å². The predicted octanol–water partition coefficient (Wildman–Crippen LogP) is 2.77. The standard InChI is InChI=1S/C20H16FN3O2/c21-16-9-5-4-8-14(16)20(26)24-11-10-17-15(12-24)19(25)23-18(22-17)13-6-2-1-3-7-13/h1-9H,10-12H2,(H,22,23,25). The number of hydrogen-bond donors (Lipinski definition) is 1. The van der Waals surface area contributed by atoms with E-state index in [0.29, 0.717) is 30.0 Å². The van der Waals surface area contributed by atoms with Crippen LogP contribution in [0.25, 0.3) is 11.4 Å². The molecule has 1 aliphatic rings. The highest BCUT2D eigenvalue weighted by Gasteiger charge is 2.26. The van der Waals surface area contributed by atoms with Crippen LogP contribution < -0.4 is 5.56 Å². The molecule has 0 saturated carbocycles. The van der Waals surface area contributed by atoms with Gasteiger partial charge in [-0.3, -0.25) is 9.59 Å². The molecule has 0 saturated heterocycles. The minimum atomic E-state index is -0.560. The highest BCUT2D eigenvalue weighted by Crippen LogP contribution is 2.20. The lowest BCUT2D eigenvalue weighted by Gasteiger charge is -2.28. The Kier molecular flexibility index (Phi) is 4.08. The van der Waals surface area contributed by atoms with Crippen molar-refractivity contribution < 1.29 is 9.18 Å². The molecule has 2 aromatic carbocycles. The summed E-state index contributed by atoms with van der Waals surface area (Å²) in [5, 5.41) is 0. The van der Waals surface area contributed by atoms with Crippen molar-refractivity contribution in [1.82, 2.24) is 14.9 Å². The number of halogens is 1. The summed E-state index contributed by atoms with van der Waals surface area (Å²) in [6.45, 7) is 0.519. The Balaban J connectivity index is 1.65. The summed E-state index contributed by atoms with van der Waals surface area (Å²) in [7, 11) is 0. The maximum absolute atomic E-state index is 13.9. The van der Waals surface area contributed by atoms with Gasteiger partial charge in [-0.1, -0.05) is 42.5 Å². The highest BCUT2D eigenvalue weighted by molar-refractivity contribution is 5.94. The van der Waals surface area contributed by atoms with Crippen LogP contribution in [0.4, 0.5) is 4.39 Å². The molecule has 0 radical (unpaired) electrons. The number of carbonyl (C=O) groups is 1. The Morgan fingerprint density at radius 2 is 1.81 bits per heavy atom. The Bertz CT molecular complexity index is 1030. The number of benzene rings is 2. The Morgan fingerprint density at radius 3 is 2.58 bits per heavy atom. The van der Waals surface area contributed by atoms with Crippen LogP contribution in [-0.4, -0.2) is 27.3 Å². The fourth-order valence-electron chi connectivity index (χ4n) is 3.14. The second-order valence-electron chi connectivity index (χ2n) is 6.16. The Morgan fingerprint density at radius 1 is 1.08 bits per heavy atom. The second kappa shape index (κ2) is 6.55. The number of fused-ring (bicyclic) bond motifs is 1. The molecule has 1 aliphatic heterocycles. The van der Waals surface area contributed by atoms with Gasteiger partial charge in [0.1, 0.15) is 11.6 Å². The third-order valence-corrected chi connectivity index (χ3v) is 4.51. The lowest BCUT2D eigenvalue weighted by Crippen LogP contribution is -2.39. The number of carbonyl (C=O) groups excluding carboxylic acids is 1. The molecule has 1 N–H and O–H groups in total. The lowest BCUT2D eigenvalue weighted by molar-refractivity contribution is 0.0728. The smallest absolute Gasteiger partial charge is 0.257 e. The summed E-state index contributed by atoms with van der Waals surface area (Å²) in [6, 6.07) is 15.3. The number of H-pyrrole nitrogens is 1. The van der Waals surface area contributed by atoms with Gasteiger partial charge in [0.15, 0.2) is 0 Å². The van der Waals surface area contributed by atoms with Crippen molar-refractivity contribution in [3.63, 3.8) is 0 Å². The molecule has 6 heteroatoms. The molecule has 0 aliphatic carbocycles. The van der Waals surface area contributed by atoms with Gasteiger partial charge in [0, 0.05) is 18.5 Å². The molecule has 4 rings (SSSR count). The van der Waals surface area contributed by atoms with E-state index >= 15 is 0 Å². The molecule has 5 nitrogen and oxygen atoms in total. The average Bonchev–Trinajstić information content (AvgIpc) is 2.68. The second-order valence-corrected chi connectivity index (χ2v) is 6.16. The number of aromatic nitrogens is 2. The monoisotopic (exact) mass is 349 g/mol. The summed E-state index contributed by atoms with van der Waals surface area (Å²) in [4.78, 5) is 33.9. The molecule has 0 spiro atoms. The molecule has 2 heterocycles. The van der Waals surface area contributed by atoms with E-state index in [-0.39, 0.29) is 17.7 Å². The van der Waals surface area contributed by atoms with Crippen molar-refractivity contribution >= 4 is 5.91 Å². The zero-order valence-electron chi connectivity index (χ0n) is 13.9. The van der Waals surface area contributed by atoms with Crippen LogP contribution in [0.15, 0.2) is 59.4 Å². The summed E-state index contributed by atoms with van der Waals surface area (Å²) >= 11 is 0. The quantitative estimate of drug-likeness (QED) is 0.774. The van der Waals surface area contributed by atoms with E-state index in [0.717, 1.165) is 5.56 Å². The summed E-state index contributed by atoms with van der Waals surface area (Å²) in [5.74, 6) is -0.460. The number of aromatic amines is 1. The first-order valence-corrected chi connectivity index (χ1v) is 8.35. The van der Waals surface area contributed by atoms with Gasteiger partial charge in [0.25, 0.3) is 11.5 Å². The van der Waals surface area contributed by atoms with Crippen molar-refractivity contribution in [1.29, 1.82) is 0 Å². The zero-order chi connectivity index (χ0) is 18.1. The van der Waals surface area contributed by atoms with Crippen molar-refractivity contribution in [2.45, 2.75) is 13.0 Å². The van der Waals surface area contributed by atoms with E-state index < -0.39 is 11.7 Å². The van der Waals surface area contributed by atoms with E-state index in [1.807, 2.05) is 30.3 Å². The van der Waals surface area contributed by atoms with E-state index in [1.165, 1.54) is 23.1 Å². The molecule has 0 bridgehead atoms. The van der Waals surface area contributed by atoms with Gasteiger partial charge in [-0.05, 0) is 12.1 Å². The van der Waals surface area contributed by atoms with Crippen LogP contribution in [0.1, 0.15) is 21.6 Å². The molecular formula is C20H16FN3O2. The van der Waals surface area contributed by atoms with Crippen molar-refractivity contribution in [3.05, 3.63) is 87.6 Å². The number of hydrogen-bond acceptors (Lipinski definition) is 3. The molecular weight excluding hydrogens is 333 g/mol. The topological polar surface area (TPSA) is 66.1 Å². The molecule has 3 aromatic rings. The fourth-order valence-corrected chi connectivity index (χ4v) is 3.14. The molecule has 130 valence electrons. The minimum absolute atomic E-state index is 0.0150. The first-order chi connectivity index (χ1) is 12.6. The summed E-state index contributed by atoms with van der Waals surface area (Å²) < 4.78 is 13.9. The highest BCUT2D eigenvalue weighted by atomic mass is 19.1. The zero-order valence-corrected chi connectivity index (χ0v) is 13.9. The fraction of sp³-hybridized carbons (Fsp3) is 0.150. The molecule has 0 fully saturated rings. The average molecular weight is 349 g/mol. The van der Waals surface area contributed by atoms with E-state index in [1.54, 1.807) is 6.07 Å². The number of nitrogens with zero attached hydrogens (tertiary/aromatic N) is 2.